The molecule has 3 nitrogen and oxygen atoms in total. The molecule has 0 bridgehead atoms. The topological polar surface area (TPSA) is 27.7 Å². The Labute approximate surface area is 77.6 Å². The van der Waals surface area contributed by atoms with Gasteiger partial charge in [0.15, 0.2) is 5.41 Å². The molecule has 0 aromatic heterocycles. The van der Waals surface area contributed by atoms with Gasteiger partial charge in [-0.05, 0) is 0 Å². The third-order valence-electron chi connectivity index (χ3n) is 1.48. The maximum absolute atomic E-state index is 12.3. The van der Waals surface area contributed by atoms with Crippen LogP contribution in [0.25, 0.3) is 0 Å². The molecule has 77 valence electrons. The van der Waals surface area contributed by atoms with E-state index in [-0.39, 0.29) is 0 Å². The number of ether oxygens (including phenoxy) is 3. The van der Waals surface area contributed by atoms with Gasteiger partial charge >= 0.3 is 6.18 Å². The highest BCUT2D eigenvalue weighted by atomic mass is 28.1. The van der Waals surface area contributed by atoms with Crippen molar-refractivity contribution in [3.05, 3.63) is 0 Å². The smallest absolute Gasteiger partial charge is 0.367 e. The summed E-state index contributed by atoms with van der Waals surface area (Å²) in [6.45, 7) is 0. The first-order valence-electron chi connectivity index (χ1n) is 3.26. The Balaban J connectivity index is 4.74. The van der Waals surface area contributed by atoms with E-state index in [1.54, 1.807) is 0 Å². The van der Waals surface area contributed by atoms with Gasteiger partial charge in [-0.25, -0.2) is 0 Å². The van der Waals surface area contributed by atoms with Crippen molar-refractivity contribution in [2.45, 2.75) is 17.7 Å². The molecule has 1 unspecified atom stereocenters. The van der Waals surface area contributed by atoms with Crippen LogP contribution in [0.4, 0.5) is 13.2 Å². The van der Waals surface area contributed by atoms with Gasteiger partial charge in [0.05, 0.1) is 0 Å². The summed E-state index contributed by atoms with van der Waals surface area (Å²) in [7, 11) is 5.79. The molecule has 0 aliphatic rings. The minimum absolute atomic E-state index is 0.922. The van der Waals surface area contributed by atoms with E-state index in [9.17, 15) is 13.2 Å². The van der Waals surface area contributed by atoms with E-state index in [4.69, 9.17) is 0 Å². The zero-order valence-corrected chi connectivity index (χ0v) is 8.44. The van der Waals surface area contributed by atoms with Crippen LogP contribution in [0, 0.1) is 0 Å². The number of alkyl halides is 3. The quantitative estimate of drug-likeness (QED) is 0.510. The third-order valence-corrected chi connectivity index (χ3v) is 2.16. The SMILES string of the molecule is COC(C(F)(F)F)C([Si])(OC)OC. The summed E-state index contributed by atoms with van der Waals surface area (Å²) >= 11 is 0. The van der Waals surface area contributed by atoms with Gasteiger partial charge in [0.2, 0.25) is 6.10 Å². The average molecular weight is 215 g/mol. The normalized spacial score (nSPS) is 15.9. The summed E-state index contributed by atoms with van der Waals surface area (Å²) in [6, 6.07) is 0. The Morgan fingerprint density at radius 2 is 1.46 bits per heavy atom. The molecule has 7 heteroatoms. The van der Waals surface area contributed by atoms with Crippen molar-refractivity contribution in [1.82, 2.24) is 0 Å². The van der Waals surface area contributed by atoms with Crippen molar-refractivity contribution in [3.63, 3.8) is 0 Å². The van der Waals surface area contributed by atoms with Crippen LogP contribution in [0.5, 0.6) is 0 Å². The van der Waals surface area contributed by atoms with Gasteiger partial charge in [-0.1, -0.05) is 0 Å². The molecule has 0 fully saturated rings. The molecule has 0 aliphatic carbocycles. The highest BCUT2D eigenvalue weighted by Gasteiger charge is 2.52. The molecular formula is C6H10F3O3Si. The summed E-state index contributed by atoms with van der Waals surface area (Å²) in [5, 5.41) is 0. The maximum atomic E-state index is 12.3. The largest absolute Gasteiger partial charge is 0.419 e. The van der Waals surface area contributed by atoms with E-state index in [1.807, 2.05) is 0 Å². The number of halogens is 3. The van der Waals surface area contributed by atoms with Gasteiger partial charge in [0, 0.05) is 21.3 Å². The summed E-state index contributed by atoms with van der Waals surface area (Å²) in [4.78, 5) is 0. The van der Waals surface area contributed by atoms with Crippen LogP contribution in [-0.2, 0) is 14.2 Å². The molecule has 0 spiro atoms. The number of hydrogen-bond acceptors (Lipinski definition) is 3. The Morgan fingerprint density at radius 3 is 1.54 bits per heavy atom. The molecule has 0 aromatic carbocycles. The first-order chi connectivity index (χ1) is 5.81. The second kappa shape index (κ2) is 4.40. The summed E-state index contributed by atoms with van der Waals surface area (Å²) in [5.41, 5.74) is -2.01. The van der Waals surface area contributed by atoms with E-state index in [1.165, 1.54) is 0 Å². The number of rotatable bonds is 4. The van der Waals surface area contributed by atoms with Crippen molar-refractivity contribution < 1.29 is 27.4 Å². The van der Waals surface area contributed by atoms with Gasteiger partial charge in [-0.2, -0.15) is 13.2 Å². The van der Waals surface area contributed by atoms with Crippen molar-refractivity contribution in [2.24, 2.45) is 0 Å². The molecule has 0 amide bonds. The Kier molecular flexibility index (Phi) is 4.37. The molecule has 1 atom stereocenters. The van der Waals surface area contributed by atoms with E-state index < -0.39 is 17.7 Å². The van der Waals surface area contributed by atoms with Crippen molar-refractivity contribution >= 4 is 10.2 Å². The zero-order valence-electron chi connectivity index (χ0n) is 7.44. The highest BCUT2D eigenvalue weighted by molar-refractivity contribution is 6.14. The molecule has 0 saturated heterocycles. The minimum atomic E-state index is -4.57. The lowest BCUT2D eigenvalue weighted by atomic mass is 10.3. The monoisotopic (exact) mass is 215 g/mol. The van der Waals surface area contributed by atoms with Crippen LogP contribution in [-0.4, -0.2) is 49.3 Å². The zero-order chi connectivity index (χ0) is 10.7. The maximum Gasteiger partial charge on any atom is 0.419 e. The van der Waals surface area contributed by atoms with Crippen LogP contribution in [0.15, 0.2) is 0 Å². The molecule has 0 aromatic rings. The van der Waals surface area contributed by atoms with Crippen LogP contribution in [0.1, 0.15) is 0 Å². The fourth-order valence-corrected chi connectivity index (χ4v) is 1.08. The van der Waals surface area contributed by atoms with Gasteiger partial charge in [-0.15, -0.1) is 0 Å². The van der Waals surface area contributed by atoms with E-state index >= 15 is 0 Å². The van der Waals surface area contributed by atoms with Gasteiger partial charge in [-0.3, -0.25) is 0 Å². The van der Waals surface area contributed by atoms with Crippen LogP contribution in [0.3, 0.4) is 0 Å². The predicted molar refractivity (Wildman–Crippen MR) is 39.4 cm³/mol. The van der Waals surface area contributed by atoms with Gasteiger partial charge in [0.25, 0.3) is 0 Å². The highest BCUT2D eigenvalue weighted by Crippen LogP contribution is 2.31. The van der Waals surface area contributed by atoms with Crippen molar-refractivity contribution in [3.8, 4) is 0 Å². The fourth-order valence-electron chi connectivity index (χ4n) is 0.802. The van der Waals surface area contributed by atoms with E-state index in [0.29, 0.717) is 0 Å². The fraction of sp³-hybridized carbons (Fsp3) is 1.00. The molecular weight excluding hydrogens is 205 g/mol. The van der Waals surface area contributed by atoms with Crippen LogP contribution >= 0.6 is 0 Å². The minimum Gasteiger partial charge on any atom is -0.367 e. The molecule has 0 heterocycles. The molecule has 3 radical (unpaired) electrons. The Bertz CT molecular complexity index is 158. The lowest BCUT2D eigenvalue weighted by molar-refractivity contribution is -0.305. The molecule has 0 N–H and O–H groups in total. The van der Waals surface area contributed by atoms with Gasteiger partial charge < -0.3 is 14.2 Å². The van der Waals surface area contributed by atoms with Crippen LogP contribution in [0.2, 0.25) is 0 Å². The van der Waals surface area contributed by atoms with Crippen molar-refractivity contribution in [2.75, 3.05) is 21.3 Å². The molecule has 0 saturated carbocycles. The summed E-state index contributed by atoms with van der Waals surface area (Å²) in [5.74, 6) is 0. The first kappa shape index (κ1) is 12.9. The Morgan fingerprint density at radius 1 is 1.08 bits per heavy atom. The van der Waals surface area contributed by atoms with E-state index in [0.717, 1.165) is 21.3 Å². The summed E-state index contributed by atoms with van der Waals surface area (Å²) < 4.78 is 50.1. The Hall–Kier alpha value is -0.113. The second-order valence-electron chi connectivity index (χ2n) is 2.23. The van der Waals surface area contributed by atoms with E-state index in [2.05, 4.69) is 24.5 Å². The second-order valence-corrected chi connectivity index (χ2v) is 2.93. The molecule has 13 heavy (non-hydrogen) atoms. The first-order valence-corrected chi connectivity index (χ1v) is 3.76. The number of hydrogen-bond donors (Lipinski definition) is 0. The standard InChI is InChI=1S/C6H10F3O3Si/c1-10-4(5(7,8)9)6(13,11-2)12-3/h4H,1-3H3. The number of methoxy groups -OCH3 is 3. The summed E-state index contributed by atoms with van der Waals surface area (Å²) in [6.07, 6.45) is -6.76. The van der Waals surface area contributed by atoms with Gasteiger partial charge in [0.1, 0.15) is 10.2 Å². The van der Waals surface area contributed by atoms with Crippen molar-refractivity contribution in [1.29, 1.82) is 0 Å². The van der Waals surface area contributed by atoms with Crippen LogP contribution < -0.4 is 0 Å². The lowest BCUT2D eigenvalue weighted by Gasteiger charge is -2.34. The molecule has 0 aliphatic heterocycles. The predicted octanol–water partition coefficient (Wildman–Crippen LogP) is 0.679. The third kappa shape index (κ3) is 2.94. The molecule has 0 rings (SSSR count). The average Bonchev–Trinajstić information content (AvgIpc) is 2.02. The lowest BCUT2D eigenvalue weighted by Crippen LogP contribution is -2.55.